The van der Waals surface area contributed by atoms with E-state index in [-0.39, 0.29) is 18.2 Å². The fourth-order valence-electron chi connectivity index (χ4n) is 1.97. The van der Waals surface area contributed by atoms with Gasteiger partial charge in [0.1, 0.15) is 0 Å². The van der Waals surface area contributed by atoms with Gasteiger partial charge in [0.15, 0.2) is 5.13 Å². The molecule has 1 atom stereocenters. The third-order valence-electron chi connectivity index (χ3n) is 3.01. The average molecular weight is 303 g/mol. The Bertz CT molecular complexity index is 625. The summed E-state index contributed by atoms with van der Waals surface area (Å²) in [4.78, 5) is 26.9. The molecule has 0 radical (unpaired) electrons. The fourth-order valence-corrected chi connectivity index (χ4v) is 2.70. The van der Waals surface area contributed by atoms with E-state index in [1.807, 2.05) is 37.3 Å². The zero-order valence-electron chi connectivity index (χ0n) is 11.7. The second kappa shape index (κ2) is 6.99. The molecule has 0 bridgehead atoms. The minimum absolute atomic E-state index is 0.0901. The van der Waals surface area contributed by atoms with Crippen LogP contribution in [0, 0.1) is 0 Å². The molecule has 2 amide bonds. The van der Waals surface area contributed by atoms with E-state index in [2.05, 4.69) is 10.3 Å². The molecule has 0 aliphatic rings. The number of nitrogens with two attached hydrogens (primary N) is 1. The van der Waals surface area contributed by atoms with Crippen LogP contribution in [0.25, 0.3) is 0 Å². The number of carbonyl (C=O) groups excluding carboxylic acids is 2. The molecule has 6 heteroatoms. The van der Waals surface area contributed by atoms with Gasteiger partial charge in [-0.3, -0.25) is 9.59 Å². The van der Waals surface area contributed by atoms with Gasteiger partial charge in [0, 0.05) is 11.8 Å². The summed E-state index contributed by atoms with van der Waals surface area (Å²) in [5.41, 5.74) is 6.81. The van der Waals surface area contributed by atoms with Crippen LogP contribution in [0.4, 0.5) is 5.13 Å². The number of aromatic nitrogens is 1. The molecule has 3 N–H and O–H groups in total. The van der Waals surface area contributed by atoms with Crippen molar-refractivity contribution in [2.45, 2.75) is 25.7 Å². The average Bonchev–Trinajstić information content (AvgIpc) is 2.85. The minimum Gasteiger partial charge on any atom is -0.369 e. The molecule has 0 unspecified atom stereocenters. The highest BCUT2D eigenvalue weighted by Gasteiger charge is 2.13. The molecule has 0 aliphatic carbocycles. The predicted molar refractivity (Wildman–Crippen MR) is 83.1 cm³/mol. The van der Waals surface area contributed by atoms with E-state index in [4.69, 9.17) is 5.73 Å². The van der Waals surface area contributed by atoms with Crippen molar-refractivity contribution in [3.63, 3.8) is 0 Å². The van der Waals surface area contributed by atoms with E-state index in [9.17, 15) is 9.59 Å². The Morgan fingerprint density at radius 1 is 1.33 bits per heavy atom. The smallest absolute Gasteiger partial charge is 0.226 e. The maximum absolute atomic E-state index is 12.0. The molecule has 2 rings (SSSR count). The first-order valence-electron chi connectivity index (χ1n) is 6.62. The third-order valence-corrected chi connectivity index (χ3v) is 3.82. The Kier molecular flexibility index (Phi) is 5.05. The largest absolute Gasteiger partial charge is 0.369 e. The molecule has 1 aromatic carbocycles. The van der Waals surface area contributed by atoms with Gasteiger partial charge in [-0.15, -0.1) is 11.3 Å². The van der Waals surface area contributed by atoms with Gasteiger partial charge >= 0.3 is 0 Å². The molecule has 110 valence electrons. The number of hydrogen-bond donors (Lipinski definition) is 2. The van der Waals surface area contributed by atoms with Crippen molar-refractivity contribution >= 4 is 28.3 Å². The van der Waals surface area contributed by atoms with Crippen LogP contribution in [0.3, 0.4) is 0 Å². The van der Waals surface area contributed by atoms with Crippen molar-refractivity contribution in [1.82, 2.24) is 4.98 Å². The molecule has 1 aromatic heterocycles. The van der Waals surface area contributed by atoms with Crippen molar-refractivity contribution < 1.29 is 9.59 Å². The highest BCUT2D eigenvalue weighted by molar-refractivity contribution is 7.13. The van der Waals surface area contributed by atoms with Crippen LogP contribution in [0.15, 0.2) is 35.7 Å². The van der Waals surface area contributed by atoms with E-state index in [0.29, 0.717) is 17.2 Å². The van der Waals surface area contributed by atoms with Gasteiger partial charge in [-0.1, -0.05) is 37.3 Å². The number of anilines is 1. The third kappa shape index (κ3) is 4.68. The van der Waals surface area contributed by atoms with E-state index < -0.39 is 5.91 Å². The maximum Gasteiger partial charge on any atom is 0.226 e. The number of hydrogen-bond acceptors (Lipinski definition) is 4. The molecule has 0 aliphatic heterocycles. The number of nitrogens with one attached hydrogen (secondary N) is 1. The zero-order chi connectivity index (χ0) is 15.2. The number of primary amides is 1. The predicted octanol–water partition coefficient (Wildman–Crippen LogP) is 2.30. The second-order valence-corrected chi connectivity index (χ2v) is 5.71. The standard InChI is InChI=1S/C15H17N3O2S/c1-10(11-5-3-2-4-6-11)7-14(20)18-15-17-12(9-21-15)8-13(16)19/h2-6,9-10H,7-8H2,1H3,(H2,16,19)(H,17,18,20)/t10-/m1/s1. The summed E-state index contributed by atoms with van der Waals surface area (Å²) in [5.74, 6) is -0.390. The van der Waals surface area contributed by atoms with Crippen molar-refractivity contribution in [3.05, 3.63) is 47.0 Å². The molecule has 0 fully saturated rings. The van der Waals surface area contributed by atoms with Gasteiger partial charge < -0.3 is 11.1 Å². The van der Waals surface area contributed by atoms with Gasteiger partial charge in [-0.25, -0.2) is 4.98 Å². The van der Waals surface area contributed by atoms with Crippen LogP contribution in [0.5, 0.6) is 0 Å². The lowest BCUT2D eigenvalue weighted by atomic mass is 9.98. The van der Waals surface area contributed by atoms with Gasteiger partial charge in [0.05, 0.1) is 12.1 Å². The summed E-state index contributed by atoms with van der Waals surface area (Å²) < 4.78 is 0. The van der Waals surface area contributed by atoms with Crippen molar-refractivity contribution in [3.8, 4) is 0 Å². The van der Waals surface area contributed by atoms with E-state index >= 15 is 0 Å². The zero-order valence-corrected chi connectivity index (χ0v) is 12.5. The highest BCUT2D eigenvalue weighted by Crippen LogP contribution is 2.21. The first kappa shape index (κ1) is 15.2. The van der Waals surface area contributed by atoms with Crippen LogP contribution in [-0.4, -0.2) is 16.8 Å². The lowest BCUT2D eigenvalue weighted by Gasteiger charge is -2.10. The van der Waals surface area contributed by atoms with Gasteiger partial charge in [-0.2, -0.15) is 0 Å². The lowest BCUT2D eigenvalue weighted by molar-refractivity contribution is -0.117. The number of nitrogens with zero attached hydrogens (tertiary/aromatic N) is 1. The van der Waals surface area contributed by atoms with Crippen molar-refractivity contribution in [2.75, 3.05) is 5.32 Å². The Morgan fingerprint density at radius 3 is 2.71 bits per heavy atom. The van der Waals surface area contributed by atoms with Crippen LogP contribution < -0.4 is 11.1 Å². The fraction of sp³-hybridized carbons (Fsp3) is 0.267. The number of rotatable bonds is 6. The van der Waals surface area contributed by atoms with Crippen LogP contribution in [-0.2, 0) is 16.0 Å². The SMILES string of the molecule is C[C@H](CC(=O)Nc1nc(CC(N)=O)cs1)c1ccccc1. The van der Waals surface area contributed by atoms with Crippen molar-refractivity contribution in [1.29, 1.82) is 0 Å². The van der Waals surface area contributed by atoms with Gasteiger partial charge in [-0.05, 0) is 11.5 Å². The first-order valence-corrected chi connectivity index (χ1v) is 7.50. The minimum atomic E-state index is -0.434. The molecule has 2 aromatic rings. The van der Waals surface area contributed by atoms with Gasteiger partial charge in [0.25, 0.3) is 0 Å². The summed E-state index contributed by atoms with van der Waals surface area (Å²) in [6, 6.07) is 9.88. The number of carbonyl (C=O) groups is 2. The van der Waals surface area contributed by atoms with Gasteiger partial charge in [0.2, 0.25) is 11.8 Å². The molecular weight excluding hydrogens is 286 g/mol. The van der Waals surface area contributed by atoms with Crippen molar-refractivity contribution in [2.24, 2.45) is 5.73 Å². The molecule has 21 heavy (non-hydrogen) atoms. The summed E-state index contributed by atoms with van der Waals surface area (Å²) in [6.45, 7) is 2.01. The van der Waals surface area contributed by atoms with Crippen LogP contribution in [0.1, 0.15) is 30.5 Å². The summed E-state index contributed by atoms with van der Waals surface area (Å²) >= 11 is 1.29. The summed E-state index contributed by atoms with van der Waals surface area (Å²) in [5, 5.41) is 4.97. The molecule has 5 nitrogen and oxygen atoms in total. The Balaban J connectivity index is 1.89. The van der Waals surface area contributed by atoms with Crippen LogP contribution >= 0.6 is 11.3 Å². The lowest BCUT2D eigenvalue weighted by Crippen LogP contribution is -2.15. The quantitative estimate of drug-likeness (QED) is 0.858. The topological polar surface area (TPSA) is 85.1 Å². The number of benzene rings is 1. The van der Waals surface area contributed by atoms with E-state index in [1.54, 1.807) is 5.38 Å². The molecular formula is C15H17N3O2S. The number of thiazole rings is 1. The number of amides is 2. The van der Waals surface area contributed by atoms with E-state index in [0.717, 1.165) is 5.56 Å². The Hall–Kier alpha value is -2.21. The maximum atomic E-state index is 12.0. The summed E-state index contributed by atoms with van der Waals surface area (Å²) in [7, 11) is 0. The first-order chi connectivity index (χ1) is 10.0. The second-order valence-electron chi connectivity index (χ2n) is 4.85. The Labute approximate surface area is 127 Å². The Morgan fingerprint density at radius 2 is 2.05 bits per heavy atom. The molecule has 0 saturated heterocycles. The molecule has 0 spiro atoms. The molecule has 0 saturated carbocycles. The highest BCUT2D eigenvalue weighted by atomic mass is 32.1. The normalized spacial score (nSPS) is 11.9. The monoisotopic (exact) mass is 303 g/mol. The van der Waals surface area contributed by atoms with Crippen LogP contribution in [0.2, 0.25) is 0 Å². The molecule has 1 heterocycles. The summed E-state index contributed by atoms with van der Waals surface area (Å²) in [6.07, 6.45) is 0.474. The van der Waals surface area contributed by atoms with E-state index in [1.165, 1.54) is 11.3 Å².